The number of H-pyrrole nitrogens is 1. The highest BCUT2D eigenvalue weighted by Gasteiger charge is 2.36. The molecule has 0 amide bonds. The maximum atomic E-state index is 13.5. The van der Waals surface area contributed by atoms with E-state index in [1.807, 2.05) is 19.3 Å². The van der Waals surface area contributed by atoms with Gasteiger partial charge in [0.2, 0.25) is 0 Å². The van der Waals surface area contributed by atoms with Gasteiger partial charge >= 0.3 is 5.97 Å². The molecular formula is C30H42ClF2N5O2. The van der Waals surface area contributed by atoms with Gasteiger partial charge in [0.15, 0.2) is 0 Å². The first-order valence-corrected chi connectivity index (χ1v) is 14.7. The van der Waals surface area contributed by atoms with Crippen LogP contribution in [0.2, 0.25) is 5.02 Å². The van der Waals surface area contributed by atoms with Crippen molar-refractivity contribution in [3.05, 3.63) is 58.8 Å². The molecule has 3 N–H and O–H groups in total. The van der Waals surface area contributed by atoms with E-state index in [1.54, 1.807) is 18.3 Å². The lowest BCUT2D eigenvalue weighted by Gasteiger charge is -2.37. The molecule has 0 bridgehead atoms. The summed E-state index contributed by atoms with van der Waals surface area (Å²) in [5.41, 5.74) is 1.99. The molecule has 1 fully saturated rings. The van der Waals surface area contributed by atoms with Gasteiger partial charge in [-0.25, -0.2) is 23.5 Å². The summed E-state index contributed by atoms with van der Waals surface area (Å²) in [4.78, 5) is 24.4. The van der Waals surface area contributed by atoms with Crippen molar-refractivity contribution in [1.29, 1.82) is 0 Å². The number of benzene rings is 1. The maximum Gasteiger partial charge on any atom is 0.337 e. The highest BCUT2D eigenvalue weighted by molar-refractivity contribution is 6.38. The number of rotatable bonds is 13. The smallest absolute Gasteiger partial charge is 0.337 e. The van der Waals surface area contributed by atoms with E-state index in [0.29, 0.717) is 13.1 Å². The van der Waals surface area contributed by atoms with Gasteiger partial charge in [-0.15, -0.1) is 0 Å². The third-order valence-electron chi connectivity index (χ3n) is 7.35. The molecule has 0 radical (unpaired) electrons. The van der Waals surface area contributed by atoms with Crippen molar-refractivity contribution in [2.75, 3.05) is 26.2 Å². The summed E-state index contributed by atoms with van der Waals surface area (Å²) in [6.45, 7) is 6.67. The summed E-state index contributed by atoms with van der Waals surface area (Å²) in [7, 11) is 0. The largest absolute Gasteiger partial charge is 0.478 e. The van der Waals surface area contributed by atoms with Gasteiger partial charge < -0.3 is 15.4 Å². The molecule has 0 aliphatic carbocycles. The topological polar surface area (TPSA) is 94.1 Å². The van der Waals surface area contributed by atoms with Crippen molar-refractivity contribution in [2.24, 2.45) is 0 Å². The van der Waals surface area contributed by atoms with Crippen LogP contribution in [0, 0.1) is 6.92 Å². The standard InChI is InChI=1S/C21H36F2N4.C9H6ClNO2/c1-3-4-5-6-7-8-9-12-24-17-20(19-15-25-18(2)26-16-19)27-13-10-21(22,23)11-14-27;10-8-5-3-4-11-7(5)2-1-6(8)9(12)13/h15-16,20,24H,3-14,17H2,1-2H3;1-4,11H,(H,12,13)/t20-;/m1./s1. The van der Waals surface area contributed by atoms with Crippen LogP contribution >= 0.6 is 11.6 Å². The summed E-state index contributed by atoms with van der Waals surface area (Å²) in [5.74, 6) is -2.79. The Bertz CT molecular complexity index is 1180. The Morgan fingerprint density at radius 3 is 2.40 bits per heavy atom. The minimum atomic E-state index is -2.52. The number of hydrogen-bond donors (Lipinski definition) is 3. The second-order valence-corrected chi connectivity index (χ2v) is 10.8. The molecule has 1 aromatic carbocycles. The average molecular weight is 578 g/mol. The van der Waals surface area contributed by atoms with Crippen LogP contribution in [0.25, 0.3) is 10.9 Å². The first kappa shape index (κ1) is 31.9. The molecule has 1 aliphatic heterocycles. The molecule has 40 heavy (non-hydrogen) atoms. The molecule has 7 nitrogen and oxygen atoms in total. The summed E-state index contributed by atoms with van der Waals surface area (Å²) in [6.07, 6.45) is 14.3. The molecule has 1 atom stereocenters. The first-order valence-electron chi connectivity index (χ1n) is 14.3. The van der Waals surface area contributed by atoms with Gasteiger partial charge in [0.05, 0.1) is 16.6 Å². The zero-order chi connectivity index (χ0) is 29.0. The zero-order valence-corrected chi connectivity index (χ0v) is 24.3. The third kappa shape index (κ3) is 9.78. The molecule has 4 rings (SSSR count). The van der Waals surface area contributed by atoms with Gasteiger partial charge in [0.25, 0.3) is 5.92 Å². The number of fused-ring (bicyclic) bond motifs is 1. The Balaban J connectivity index is 0.000000281. The van der Waals surface area contributed by atoms with Crippen molar-refractivity contribution in [3.63, 3.8) is 0 Å². The van der Waals surface area contributed by atoms with Crippen LogP contribution in [-0.4, -0.2) is 63.0 Å². The van der Waals surface area contributed by atoms with E-state index >= 15 is 0 Å². The molecule has 220 valence electrons. The molecule has 3 aromatic rings. The number of aromatic nitrogens is 3. The minimum Gasteiger partial charge on any atom is -0.478 e. The van der Waals surface area contributed by atoms with E-state index < -0.39 is 11.9 Å². The van der Waals surface area contributed by atoms with Crippen LogP contribution in [0.3, 0.4) is 0 Å². The van der Waals surface area contributed by atoms with Crippen molar-refractivity contribution < 1.29 is 18.7 Å². The number of aryl methyl sites for hydroxylation is 1. The Kier molecular flexibility index (Phi) is 12.7. The van der Waals surface area contributed by atoms with Crippen LogP contribution in [-0.2, 0) is 0 Å². The number of aromatic amines is 1. The molecule has 1 saturated heterocycles. The first-order chi connectivity index (χ1) is 19.2. The highest BCUT2D eigenvalue weighted by atomic mass is 35.5. The number of carbonyl (C=O) groups is 1. The number of halogens is 3. The van der Waals surface area contributed by atoms with E-state index in [9.17, 15) is 13.6 Å². The number of carboxylic acids is 1. The second kappa shape index (κ2) is 16.0. The van der Waals surface area contributed by atoms with E-state index in [-0.39, 0.29) is 29.5 Å². The third-order valence-corrected chi connectivity index (χ3v) is 7.76. The fraction of sp³-hybridized carbons (Fsp3) is 0.567. The van der Waals surface area contributed by atoms with Gasteiger partial charge in [-0.3, -0.25) is 4.90 Å². The molecule has 0 spiro atoms. The van der Waals surface area contributed by atoms with E-state index in [2.05, 4.69) is 32.1 Å². The number of hydrogen-bond acceptors (Lipinski definition) is 5. The quantitative estimate of drug-likeness (QED) is 0.183. The van der Waals surface area contributed by atoms with Crippen LogP contribution in [0.5, 0.6) is 0 Å². The maximum absolute atomic E-state index is 13.5. The Hall–Kier alpha value is -2.62. The highest BCUT2D eigenvalue weighted by Crippen LogP contribution is 2.32. The molecule has 1 aliphatic rings. The van der Waals surface area contributed by atoms with Gasteiger partial charge in [-0.1, -0.05) is 57.0 Å². The fourth-order valence-corrected chi connectivity index (χ4v) is 5.21. The lowest BCUT2D eigenvalue weighted by atomic mass is 10.0. The minimum absolute atomic E-state index is 0.0613. The number of likely N-dealkylation sites (tertiary alicyclic amines) is 1. The van der Waals surface area contributed by atoms with Gasteiger partial charge in [0, 0.05) is 67.5 Å². The summed E-state index contributed by atoms with van der Waals surface area (Å²) < 4.78 is 27.1. The number of nitrogens with one attached hydrogen (secondary N) is 2. The van der Waals surface area contributed by atoms with Crippen molar-refractivity contribution in [1.82, 2.24) is 25.2 Å². The molecule has 10 heteroatoms. The summed E-state index contributed by atoms with van der Waals surface area (Å²) in [5, 5.41) is 13.3. The number of alkyl halides is 2. The molecule has 2 aromatic heterocycles. The summed E-state index contributed by atoms with van der Waals surface area (Å²) >= 11 is 5.88. The van der Waals surface area contributed by atoms with Gasteiger partial charge in [0.1, 0.15) is 5.82 Å². The normalized spacial score (nSPS) is 15.9. The predicted octanol–water partition coefficient (Wildman–Crippen LogP) is 7.42. The number of unbranched alkanes of at least 4 members (excludes halogenated alkanes) is 6. The SMILES string of the molecule is CCCCCCCCCNC[C@H](c1cnc(C)nc1)N1CCC(F)(F)CC1.O=C(O)c1ccc2[nH]ccc2c1Cl. The van der Waals surface area contributed by atoms with Crippen LogP contribution < -0.4 is 5.32 Å². The van der Waals surface area contributed by atoms with E-state index in [1.165, 1.54) is 51.0 Å². The second-order valence-electron chi connectivity index (χ2n) is 10.5. The van der Waals surface area contributed by atoms with Crippen LogP contribution in [0.1, 0.15) is 92.5 Å². The van der Waals surface area contributed by atoms with Crippen LogP contribution in [0.4, 0.5) is 8.78 Å². The lowest BCUT2D eigenvalue weighted by Crippen LogP contribution is -2.44. The summed E-state index contributed by atoms with van der Waals surface area (Å²) in [6, 6.07) is 5.00. The number of carboxylic acid groups (broad SMARTS) is 1. The lowest BCUT2D eigenvalue weighted by molar-refractivity contribution is -0.0633. The molecule has 3 heterocycles. The van der Waals surface area contributed by atoms with E-state index in [0.717, 1.165) is 35.4 Å². The van der Waals surface area contributed by atoms with E-state index in [4.69, 9.17) is 16.7 Å². The number of aromatic carboxylic acids is 1. The Morgan fingerprint density at radius 2 is 1.75 bits per heavy atom. The monoisotopic (exact) mass is 577 g/mol. The van der Waals surface area contributed by atoms with Crippen molar-refractivity contribution in [3.8, 4) is 0 Å². The predicted molar refractivity (Wildman–Crippen MR) is 156 cm³/mol. The van der Waals surface area contributed by atoms with Gasteiger partial charge in [-0.2, -0.15) is 0 Å². The van der Waals surface area contributed by atoms with Crippen molar-refractivity contribution >= 4 is 28.5 Å². The molecule has 0 unspecified atom stereocenters. The zero-order valence-electron chi connectivity index (χ0n) is 23.6. The van der Waals surface area contributed by atoms with Crippen LogP contribution in [0.15, 0.2) is 36.8 Å². The average Bonchev–Trinajstić information content (AvgIpc) is 3.41. The number of piperidine rings is 1. The fourth-order valence-electron chi connectivity index (χ4n) is 4.90. The molecule has 0 saturated carbocycles. The van der Waals surface area contributed by atoms with Gasteiger partial charge in [-0.05, 0) is 38.1 Å². The molecular weight excluding hydrogens is 536 g/mol. The number of nitrogens with zero attached hydrogens (tertiary/aromatic N) is 3. The Morgan fingerprint density at radius 1 is 1.10 bits per heavy atom. The van der Waals surface area contributed by atoms with Crippen molar-refractivity contribution in [2.45, 2.75) is 83.6 Å². The Labute approximate surface area is 240 Å².